The number of unbranched alkanes of at least 4 members (excludes halogenated alkanes) is 1. The van der Waals surface area contributed by atoms with E-state index in [2.05, 4.69) is 45.3 Å². The van der Waals surface area contributed by atoms with E-state index in [1.807, 2.05) is 0 Å². The number of benzene rings is 1. The van der Waals surface area contributed by atoms with Crippen LogP contribution in [-0.2, 0) is 6.42 Å². The van der Waals surface area contributed by atoms with Gasteiger partial charge < -0.3 is 0 Å². The molecule has 1 aromatic rings. The maximum absolute atomic E-state index is 2.23. The zero-order valence-corrected chi connectivity index (χ0v) is 8.01. The zero-order chi connectivity index (χ0) is 8.81. The largest absolute Gasteiger partial charge is 0.148 e. The molecule has 0 aliphatic carbocycles. The van der Waals surface area contributed by atoms with E-state index in [0.29, 0.717) is 0 Å². The third-order valence-electron chi connectivity index (χ3n) is 2.17. The summed E-state index contributed by atoms with van der Waals surface area (Å²) in [7, 11) is 2.19. The summed E-state index contributed by atoms with van der Waals surface area (Å²) in [6.07, 6.45) is 3.79. The Labute approximate surface area is 76.2 Å². The highest BCUT2D eigenvalue weighted by Crippen LogP contribution is 2.01. The number of aryl methyl sites for hydroxylation is 1. The van der Waals surface area contributed by atoms with Crippen LogP contribution in [0.15, 0.2) is 24.3 Å². The summed E-state index contributed by atoms with van der Waals surface area (Å²) in [5.74, 6) is 0. The molecule has 1 rings (SSSR count). The van der Waals surface area contributed by atoms with Crippen LogP contribution in [0.1, 0.15) is 25.3 Å². The minimum atomic E-state index is 1.22. The molecule has 0 bridgehead atoms. The first-order valence-electron chi connectivity index (χ1n) is 4.75. The average molecular weight is 159 g/mol. The molecule has 0 amide bonds. The molecule has 0 saturated heterocycles. The minimum absolute atomic E-state index is 1.22. The van der Waals surface area contributed by atoms with Crippen molar-refractivity contribution >= 4 is 12.7 Å². The maximum Gasteiger partial charge on any atom is 0.148 e. The Morgan fingerprint density at radius 1 is 1.25 bits per heavy atom. The van der Waals surface area contributed by atoms with Crippen molar-refractivity contribution in [2.45, 2.75) is 33.0 Å². The summed E-state index contributed by atoms with van der Waals surface area (Å²) in [5.41, 5.74) is 2.88. The van der Waals surface area contributed by atoms with Crippen molar-refractivity contribution in [3.05, 3.63) is 29.8 Å². The second kappa shape index (κ2) is 5.02. The van der Waals surface area contributed by atoms with Crippen LogP contribution in [0.25, 0.3) is 0 Å². The van der Waals surface area contributed by atoms with Gasteiger partial charge in [-0.15, -0.1) is 0 Å². The van der Waals surface area contributed by atoms with Gasteiger partial charge in [-0.05, 0) is 12.8 Å². The van der Waals surface area contributed by atoms with Crippen LogP contribution in [-0.4, -0.2) is 7.28 Å². The lowest BCUT2D eigenvalue weighted by molar-refractivity contribution is 0.798. The molecule has 1 aromatic carbocycles. The van der Waals surface area contributed by atoms with Gasteiger partial charge in [-0.2, -0.15) is 0 Å². The molecule has 0 aliphatic rings. The smallest absolute Gasteiger partial charge is 0.0872 e. The molecule has 0 atom stereocenters. The Hall–Kier alpha value is -0.715. The average Bonchev–Trinajstić information content (AvgIpc) is 2.15. The molecule has 0 aliphatic heterocycles. The normalized spacial score (nSPS) is 9.83. The van der Waals surface area contributed by atoms with Crippen molar-refractivity contribution in [2.24, 2.45) is 0 Å². The Kier molecular flexibility index (Phi) is 3.92. The molecule has 0 saturated carbocycles. The van der Waals surface area contributed by atoms with Crippen molar-refractivity contribution in [1.29, 1.82) is 0 Å². The van der Waals surface area contributed by atoms with Crippen LogP contribution >= 0.6 is 0 Å². The lowest BCUT2D eigenvalue weighted by atomic mass is 9.70. The van der Waals surface area contributed by atoms with Gasteiger partial charge in [0.2, 0.25) is 0 Å². The third-order valence-corrected chi connectivity index (χ3v) is 2.17. The van der Waals surface area contributed by atoms with E-state index in [1.165, 1.54) is 30.3 Å². The second-order valence-corrected chi connectivity index (χ2v) is 3.09. The molecule has 0 unspecified atom stereocenters. The van der Waals surface area contributed by atoms with Gasteiger partial charge in [0.1, 0.15) is 7.28 Å². The van der Waals surface area contributed by atoms with Gasteiger partial charge in [-0.1, -0.05) is 55.5 Å². The molecule has 0 fully saturated rings. The molecule has 0 aromatic heterocycles. The standard InChI is InChI=1S/C11H16B/c1-3-4-7-10-8-5-6-9-11(10)12-2/h5-6,8-9H,3-4,7H2,1-2H3. The van der Waals surface area contributed by atoms with Crippen molar-refractivity contribution in [3.8, 4) is 0 Å². The van der Waals surface area contributed by atoms with Gasteiger partial charge in [0, 0.05) is 0 Å². The van der Waals surface area contributed by atoms with E-state index in [1.54, 1.807) is 0 Å². The van der Waals surface area contributed by atoms with Gasteiger partial charge in [0.25, 0.3) is 0 Å². The highest BCUT2D eigenvalue weighted by molar-refractivity contribution is 6.52. The van der Waals surface area contributed by atoms with Crippen LogP contribution in [0.5, 0.6) is 0 Å². The number of hydrogen-bond donors (Lipinski definition) is 0. The van der Waals surface area contributed by atoms with Crippen molar-refractivity contribution in [2.75, 3.05) is 0 Å². The predicted molar refractivity (Wildman–Crippen MR) is 56.3 cm³/mol. The molecular formula is C11H16B. The Morgan fingerprint density at radius 2 is 2.00 bits per heavy atom. The lowest BCUT2D eigenvalue weighted by Crippen LogP contribution is -2.15. The van der Waals surface area contributed by atoms with E-state index < -0.39 is 0 Å². The minimum Gasteiger partial charge on any atom is -0.0872 e. The van der Waals surface area contributed by atoms with E-state index in [0.717, 1.165) is 0 Å². The summed E-state index contributed by atoms with van der Waals surface area (Å²) in [6, 6.07) is 8.64. The fourth-order valence-corrected chi connectivity index (χ4v) is 1.41. The summed E-state index contributed by atoms with van der Waals surface area (Å²) >= 11 is 0. The van der Waals surface area contributed by atoms with Gasteiger partial charge in [0.05, 0.1) is 0 Å². The monoisotopic (exact) mass is 159 g/mol. The summed E-state index contributed by atoms with van der Waals surface area (Å²) in [6.45, 7) is 4.34. The molecule has 12 heavy (non-hydrogen) atoms. The zero-order valence-electron chi connectivity index (χ0n) is 8.01. The molecule has 1 radical (unpaired) electrons. The molecule has 0 N–H and O–H groups in total. The fraction of sp³-hybridized carbons (Fsp3) is 0.455. The Morgan fingerprint density at radius 3 is 2.67 bits per heavy atom. The first-order chi connectivity index (χ1) is 5.88. The molecule has 0 spiro atoms. The van der Waals surface area contributed by atoms with Crippen LogP contribution < -0.4 is 5.46 Å². The lowest BCUT2D eigenvalue weighted by Gasteiger charge is -2.05. The number of rotatable bonds is 4. The molecule has 1 heteroatoms. The van der Waals surface area contributed by atoms with E-state index in [-0.39, 0.29) is 0 Å². The Bertz CT molecular complexity index is 230. The van der Waals surface area contributed by atoms with Crippen molar-refractivity contribution in [3.63, 3.8) is 0 Å². The maximum atomic E-state index is 2.23. The molecule has 0 nitrogen and oxygen atoms in total. The van der Waals surface area contributed by atoms with Gasteiger partial charge in [-0.3, -0.25) is 0 Å². The van der Waals surface area contributed by atoms with Gasteiger partial charge in [-0.25, -0.2) is 0 Å². The highest BCUT2D eigenvalue weighted by Gasteiger charge is 1.97. The second-order valence-electron chi connectivity index (χ2n) is 3.09. The first-order valence-corrected chi connectivity index (χ1v) is 4.75. The van der Waals surface area contributed by atoms with Crippen LogP contribution in [0.3, 0.4) is 0 Å². The number of hydrogen-bond acceptors (Lipinski definition) is 0. The van der Waals surface area contributed by atoms with E-state index in [9.17, 15) is 0 Å². The quantitative estimate of drug-likeness (QED) is 0.591. The molecule has 0 heterocycles. The predicted octanol–water partition coefficient (Wildman–Crippen LogP) is 2.41. The summed E-state index contributed by atoms with van der Waals surface area (Å²) in [5, 5.41) is 0. The topological polar surface area (TPSA) is 0 Å². The van der Waals surface area contributed by atoms with Gasteiger partial charge in [0.15, 0.2) is 0 Å². The molecule has 63 valence electrons. The van der Waals surface area contributed by atoms with Crippen LogP contribution in [0, 0.1) is 0 Å². The van der Waals surface area contributed by atoms with Gasteiger partial charge >= 0.3 is 0 Å². The van der Waals surface area contributed by atoms with E-state index >= 15 is 0 Å². The summed E-state index contributed by atoms with van der Waals surface area (Å²) < 4.78 is 0. The molecular weight excluding hydrogens is 143 g/mol. The SMILES string of the molecule is C[B]c1ccccc1CCCC. The summed E-state index contributed by atoms with van der Waals surface area (Å²) in [4.78, 5) is 0. The highest BCUT2D eigenvalue weighted by atomic mass is 14.0. The van der Waals surface area contributed by atoms with Crippen molar-refractivity contribution in [1.82, 2.24) is 0 Å². The van der Waals surface area contributed by atoms with Crippen molar-refractivity contribution < 1.29 is 0 Å². The Balaban J connectivity index is 2.68. The van der Waals surface area contributed by atoms with Crippen LogP contribution in [0.2, 0.25) is 6.82 Å². The fourth-order valence-electron chi connectivity index (χ4n) is 1.41. The van der Waals surface area contributed by atoms with E-state index in [4.69, 9.17) is 0 Å². The van der Waals surface area contributed by atoms with Crippen LogP contribution in [0.4, 0.5) is 0 Å². The first kappa shape index (κ1) is 9.37. The third kappa shape index (κ3) is 2.40.